The number of carbonyl (C=O) groups is 1. The number of anilines is 1. The minimum Gasteiger partial charge on any atom is -0.282 e. The zero-order valence-corrected chi connectivity index (χ0v) is 18.8. The van der Waals surface area contributed by atoms with Gasteiger partial charge in [-0.1, -0.05) is 34.5 Å². The summed E-state index contributed by atoms with van der Waals surface area (Å²) in [4.78, 5) is 19.1. The minimum absolute atomic E-state index is 0.00232. The van der Waals surface area contributed by atoms with Gasteiger partial charge in [0.05, 0.1) is 27.5 Å². The lowest BCUT2D eigenvalue weighted by atomic mass is 10.2. The van der Waals surface area contributed by atoms with Gasteiger partial charge < -0.3 is 0 Å². The lowest BCUT2D eigenvalue weighted by molar-refractivity contribution is 0.0986. The third-order valence-electron chi connectivity index (χ3n) is 4.68. The molecule has 5 nitrogen and oxygen atoms in total. The topological polar surface area (TPSA) is 51.0 Å². The van der Waals surface area contributed by atoms with Crippen LogP contribution in [0, 0.1) is 25.5 Å². The molecule has 4 aromatic rings. The molecule has 0 bridgehead atoms. The molecule has 160 valence electrons. The van der Waals surface area contributed by atoms with Crippen molar-refractivity contribution >= 4 is 55.8 Å². The monoisotopic (exact) mass is 480 g/mol. The second kappa shape index (κ2) is 8.53. The Kier molecular flexibility index (Phi) is 5.96. The zero-order valence-electron chi connectivity index (χ0n) is 16.5. The number of carbonyl (C=O) groups excluding carboxylic acids is 1. The Balaban J connectivity index is 1.76. The van der Waals surface area contributed by atoms with E-state index in [1.807, 2.05) is 19.9 Å². The fourth-order valence-corrected chi connectivity index (χ4v) is 4.65. The summed E-state index contributed by atoms with van der Waals surface area (Å²) in [6, 6.07) is 8.46. The molecule has 0 N–H and O–H groups in total. The summed E-state index contributed by atoms with van der Waals surface area (Å²) in [6.45, 7) is 4.35. The second-order valence-corrected chi connectivity index (χ2v) is 8.81. The van der Waals surface area contributed by atoms with Crippen LogP contribution in [0.1, 0.15) is 21.7 Å². The highest BCUT2D eigenvalue weighted by molar-refractivity contribution is 7.22. The minimum atomic E-state index is -0.788. The lowest BCUT2D eigenvalue weighted by Crippen LogP contribution is -2.34. The van der Waals surface area contributed by atoms with E-state index in [2.05, 4.69) is 10.1 Å². The van der Waals surface area contributed by atoms with Crippen molar-refractivity contribution in [3.05, 3.63) is 75.0 Å². The molecular weight excluding hydrogens is 465 g/mol. The third kappa shape index (κ3) is 4.42. The first-order chi connectivity index (χ1) is 14.7. The van der Waals surface area contributed by atoms with Crippen molar-refractivity contribution in [2.45, 2.75) is 20.4 Å². The van der Waals surface area contributed by atoms with Crippen LogP contribution in [0.25, 0.3) is 10.2 Å². The number of nitrogens with zero attached hydrogens (tertiary/aromatic N) is 4. The smallest absolute Gasteiger partial charge is 0.261 e. The summed E-state index contributed by atoms with van der Waals surface area (Å²) in [5.74, 6) is -1.95. The SMILES string of the molecule is Cc1cc(C)n(CCN(C(=O)c2cc(Cl)ccc2Cl)c2nc3c(F)cc(F)cc3s2)n1. The molecule has 0 unspecified atom stereocenters. The Morgan fingerprint density at radius 3 is 2.65 bits per heavy atom. The van der Waals surface area contributed by atoms with E-state index in [0.717, 1.165) is 28.8 Å². The van der Waals surface area contributed by atoms with Crippen LogP contribution in [0.3, 0.4) is 0 Å². The average Bonchev–Trinajstić information content (AvgIpc) is 3.26. The molecule has 2 aromatic carbocycles. The highest BCUT2D eigenvalue weighted by atomic mass is 35.5. The first-order valence-corrected chi connectivity index (χ1v) is 10.8. The van der Waals surface area contributed by atoms with Crippen molar-refractivity contribution < 1.29 is 13.6 Å². The van der Waals surface area contributed by atoms with Crippen molar-refractivity contribution in [3.8, 4) is 0 Å². The predicted octanol–water partition coefficient (Wildman–Crippen LogP) is 6.04. The van der Waals surface area contributed by atoms with Gasteiger partial charge in [-0.3, -0.25) is 14.4 Å². The number of benzene rings is 2. The van der Waals surface area contributed by atoms with Gasteiger partial charge in [0.2, 0.25) is 0 Å². The van der Waals surface area contributed by atoms with Gasteiger partial charge in [-0.15, -0.1) is 0 Å². The van der Waals surface area contributed by atoms with Gasteiger partial charge in [-0.05, 0) is 44.2 Å². The van der Waals surface area contributed by atoms with Crippen molar-refractivity contribution in [1.29, 1.82) is 0 Å². The van der Waals surface area contributed by atoms with E-state index in [9.17, 15) is 13.6 Å². The highest BCUT2D eigenvalue weighted by Gasteiger charge is 2.25. The number of rotatable bonds is 5. The molecule has 2 heterocycles. The zero-order chi connectivity index (χ0) is 22.3. The quantitative estimate of drug-likeness (QED) is 0.349. The van der Waals surface area contributed by atoms with Crippen LogP contribution in [0.2, 0.25) is 10.0 Å². The van der Waals surface area contributed by atoms with E-state index < -0.39 is 17.5 Å². The molecule has 31 heavy (non-hydrogen) atoms. The predicted molar refractivity (Wildman–Crippen MR) is 119 cm³/mol. The van der Waals surface area contributed by atoms with Crippen molar-refractivity contribution in [1.82, 2.24) is 14.8 Å². The fraction of sp³-hybridized carbons (Fsp3) is 0.190. The first-order valence-electron chi connectivity index (χ1n) is 9.26. The molecule has 4 rings (SSSR count). The summed E-state index contributed by atoms with van der Waals surface area (Å²) in [5.41, 5.74) is 1.98. The Hall–Kier alpha value is -2.55. The van der Waals surface area contributed by atoms with E-state index in [0.29, 0.717) is 16.3 Å². The molecule has 0 aliphatic carbocycles. The maximum Gasteiger partial charge on any atom is 0.261 e. The molecule has 0 saturated carbocycles. The number of hydrogen-bond donors (Lipinski definition) is 0. The van der Waals surface area contributed by atoms with Crippen molar-refractivity contribution in [2.24, 2.45) is 0 Å². The molecule has 0 aliphatic rings. The van der Waals surface area contributed by atoms with Crippen LogP contribution < -0.4 is 4.90 Å². The maximum atomic E-state index is 14.2. The second-order valence-electron chi connectivity index (χ2n) is 6.96. The van der Waals surface area contributed by atoms with Gasteiger partial charge in [0.1, 0.15) is 11.3 Å². The van der Waals surface area contributed by atoms with E-state index in [1.54, 1.807) is 10.7 Å². The molecule has 2 aromatic heterocycles. The summed E-state index contributed by atoms with van der Waals surface area (Å²) in [5, 5.41) is 5.21. The van der Waals surface area contributed by atoms with Crippen molar-refractivity contribution in [2.75, 3.05) is 11.4 Å². The average molecular weight is 481 g/mol. The Morgan fingerprint density at radius 2 is 1.94 bits per heavy atom. The van der Waals surface area contributed by atoms with E-state index in [-0.39, 0.29) is 27.8 Å². The first kappa shape index (κ1) is 21.7. The number of halogens is 4. The number of amides is 1. The number of thiazole rings is 1. The fourth-order valence-electron chi connectivity index (χ4n) is 3.25. The van der Waals surface area contributed by atoms with Gasteiger partial charge in [-0.2, -0.15) is 5.10 Å². The van der Waals surface area contributed by atoms with E-state index in [1.165, 1.54) is 23.1 Å². The largest absolute Gasteiger partial charge is 0.282 e. The van der Waals surface area contributed by atoms with Gasteiger partial charge in [-0.25, -0.2) is 13.8 Å². The van der Waals surface area contributed by atoms with E-state index in [4.69, 9.17) is 23.2 Å². The molecule has 0 spiro atoms. The highest BCUT2D eigenvalue weighted by Crippen LogP contribution is 2.33. The molecule has 0 fully saturated rings. The molecule has 0 saturated heterocycles. The Labute approximate surface area is 190 Å². The Bertz CT molecular complexity index is 1300. The summed E-state index contributed by atoms with van der Waals surface area (Å²) in [7, 11) is 0. The number of hydrogen-bond acceptors (Lipinski definition) is 4. The van der Waals surface area contributed by atoms with Gasteiger partial charge in [0, 0.05) is 23.3 Å². The van der Waals surface area contributed by atoms with Crippen LogP contribution in [0.5, 0.6) is 0 Å². The van der Waals surface area contributed by atoms with Gasteiger partial charge in [0.25, 0.3) is 5.91 Å². The summed E-state index contributed by atoms with van der Waals surface area (Å²) >= 11 is 13.3. The lowest BCUT2D eigenvalue weighted by Gasteiger charge is -2.21. The van der Waals surface area contributed by atoms with Crippen molar-refractivity contribution in [3.63, 3.8) is 0 Å². The number of aryl methyl sites for hydroxylation is 2. The molecular formula is C21H16Cl2F2N4OS. The standard InChI is InChI=1S/C21H16Cl2F2N4OS/c1-11-7-12(2)29(27-11)6-5-28(20(30)15-8-13(22)3-4-16(15)23)21-26-19-17(25)9-14(24)10-18(19)31-21/h3-4,7-10H,5-6H2,1-2H3. The normalized spacial score (nSPS) is 11.3. The number of aromatic nitrogens is 3. The molecule has 10 heteroatoms. The molecule has 0 atom stereocenters. The van der Waals surface area contributed by atoms with Crippen LogP contribution in [-0.2, 0) is 6.54 Å². The maximum absolute atomic E-state index is 14.2. The molecule has 1 amide bonds. The van der Waals surface area contributed by atoms with Crippen LogP contribution in [-0.4, -0.2) is 27.2 Å². The number of fused-ring (bicyclic) bond motifs is 1. The molecule has 0 aliphatic heterocycles. The van der Waals surface area contributed by atoms with Gasteiger partial charge in [0.15, 0.2) is 10.9 Å². The third-order valence-corrected chi connectivity index (χ3v) is 6.27. The van der Waals surface area contributed by atoms with Crippen LogP contribution >= 0.6 is 34.5 Å². The Morgan fingerprint density at radius 1 is 1.16 bits per heavy atom. The van der Waals surface area contributed by atoms with Crippen LogP contribution in [0.15, 0.2) is 36.4 Å². The van der Waals surface area contributed by atoms with Crippen LogP contribution in [0.4, 0.5) is 13.9 Å². The summed E-state index contributed by atoms with van der Waals surface area (Å²) < 4.78 is 29.9. The van der Waals surface area contributed by atoms with E-state index >= 15 is 0 Å². The van der Waals surface area contributed by atoms with Gasteiger partial charge >= 0.3 is 0 Å². The summed E-state index contributed by atoms with van der Waals surface area (Å²) in [6.07, 6.45) is 0. The molecule has 0 radical (unpaired) electrons.